The number of hydrogen-bond acceptors (Lipinski definition) is 3. The van der Waals surface area contributed by atoms with Gasteiger partial charge in [-0.3, -0.25) is 14.5 Å². The van der Waals surface area contributed by atoms with Crippen molar-refractivity contribution in [2.75, 3.05) is 12.0 Å². The van der Waals surface area contributed by atoms with Crippen LogP contribution in [0.25, 0.3) is 0 Å². The van der Waals surface area contributed by atoms with E-state index in [0.29, 0.717) is 6.42 Å². The lowest BCUT2D eigenvalue weighted by Crippen LogP contribution is -2.47. The van der Waals surface area contributed by atoms with E-state index in [9.17, 15) is 9.59 Å². The van der Waals surface area contributed by atoms with Crippen LogP contribution >= 0.6 is 0 Å². The molecule has 0 spiro atoms. The first-order valence-corrected chi connectivity index (χ1v) is 8.34. The van der Waals surface area contributed by atoms with E-state index in [4.69, 9.17) is 4.74 Å². The number of fused-ring (bicyclic) bond motifs is 1. The number of anilines is 1. The van der Waals surface area contributed by atoms with Gasteiger partial charge >= 0.3 is 0 Å². The van der Waals surface area contributed by atoms with Gasteiger partial charge in [0.15, 0.2) is 0 Å². The third-order valence-corrected chi connectivity index (χ3v) is 4.58. The quantitative estimate of drug-likeness (QED) is 0.932. The summed E-state index contributed by atoms with van der Waals surface area (Å²) in [6.45, 7) is 3.40. The Bertz CT molecular complexity index is 803. The Morgan fingerprint density at radius 3 is 2.56 bits per heavy atom. The molecular weight excluding hydrogens is 316 g/mol. The minimum Gasteiger partial charge on any atom is -0.496 e. The normalized spacial score (nSPS) is 16.9. The number of carbonyl (C=O) groups excluding carboxylic acids is 2. The fourth-order valence-electron chi connectivity index (χ4n) is 3.40. The molecule has 3 rings (SSSR count). The van der Waals surface area contributed by atoms with Crippen molar-refractivity contribution in [2.45, 2.75) is 32.4 Å². The molecule has 2 amide bonds. The van der Waals surface area contributed by atoms with Gasteiger partial charge < -0.3 is 10.1 Å². The summed E-state index contributed by atoms with van der Waals surface area (Å²) in [6.07, 6.45) is 0.528. The van der Waals surface area contributed by atoms with Gasteiger partial charge in [0.2, 0.25) is 11.8 Å². The molecule has 0 fully saturated rings. The second kappa shape index (κ2) is 6.97. The summed E-state index contributed by atoms with van der Waals surface area (Å²) in [4.78, 5) is 26.6. The Balaban J connectivity index is 1.80. The highest BCUT2D eigenvalue weighted by Crippen LogP contribution is 2.33. The molecule has 2 aromatic carbocycles. The molecule has 1 aliphatic heterocycles. The molecule has 25 heavy (non-hydrogen) atoms. The average molecular weight is 338 g/mol. The summed E-state index contributed by atoms with van der Waals surface area (Å²) in [6, 6.07) is 14.5. The molecule has 0 aromatic heterocycles. The zero-order chi connectivity index (χ0) is 18.0. The second-order valence-electron chi connectivity index (χ2n) is 6.21. The fraction of sp³-hybridized carbons (Fsp3) is 0.300. The van der Waals surface area contributed by atoms with E-state index < -0.39 is 6.04 Å². The Morgan fingerprint density at radius 1 is 1.16 bits per heavy atom. The molecule has 0 aliphatic carbocycles. The first kappa shape index (κ1) is 17.0. The fourth-order valence-corrected chi connectivity index (χ4v) is 3.40. The Labute approximate surface area is 147 Å². The Kier molecular flexibility index (Phi) is 4.74. The summed E-state index contributed by atoms with van der Waals surface area (Å²) >= 11 is 0. The van der Waals surface area contributed by atoms with Crippen LogP contribution in [0.3, 0.4) is 0 Å². The minimum absolute atomic E-state index is 0.130. The van der Waals surface area contributed by atoms with E-state index in [0.717, 1.165) is 22.6 Å². The molecule has 1 heterocycles. The lowest BCUT2D eigenvalue weighted by molar-refractivity contribution is -0.126. The van der Waals surface area contributed by atoms with Crippen LogP contribution in [0.5, 0.6) is 5.75 Å². The van der Waals surface area contributed by atoms with Gasteiger partial charge in [-0.1, -0.05) is 36.4 Å². The number of nitrogens with zero attached hydrogens (tertiary/aromatic N) is 1. The van der Waals surface area contributed by atoms with Crippen LogP contribution in [0.1, 0.15) is 31.0 Å². The predicted molar refractivity (Wildman–Crippen MR) is 96.6 cm³/mol. The van der Waals surface area contributed by atoms with Gasteiger partial charge in [-0.2, -0.15) is 0 Å². The molecule has 1 N–H and O–H groups in total. The zero-order valence-corrected chi connectivity index (χ0v) is 14.7. The van der Waals surface area contributed by atoms with Gasteiger partial charge in [-0.05, 0) is 24.6 Å². The van der Waals surface area contributed by atoms with Crippen LogP contribution in [0.2, 0.25) is 0 Å². The monoisotopic (exact) mass is 338 g/mol. The van der Waals surface area contributed by atoms with E-state index >= 15 is 0 Å². The van der Waals surface area contributed by atoms with E-state index in [2.05, 4.69) is 5.32 Å². The van der Waals surface area contributed by atoms with E-state index in [-0.39, 0.29) is 17.9 Å². The lowest BCUT2D eigenvalue weighted by Gasteiger charge is -2.25. The summed E-state index contributed by atoms with van der Waals surface area (Å²) in [5.74, 6) is 0.438. The molecule has 2 aromatic rings. The topological polar surface area (TPSA) is 58.6 Å². The predicted octanol–water partition coefficient (Wildman–Crippen LogP) is 2.85. The van der Waals surface area contributed by atoms with Crippen LogP contribution in [0.15, 0.2) is 48.5 Å². The van der Waals surface area contributed by atoms with Gasteiger partial charge in [-0.15, -0.1) is 0 Å². The van der Waals surface area contributed by atoms with Gasteiger partial charge in [0.1, 0.15) is 11.8 Å². The number of methoxy groups -OCH3 is 1. The molecule has 5 heteroatoms. The van der Waals surface area contributed by atoms with E-state index in [1.807, 2.05) is 55.5 Å². The Hall–Kier alpha value is -2.82. The molecule has 130 valence electrons. The maximum absolute atomic E-state index is 12.9. The third-order valence-electron chi connectivity index (χ3n) is 4.58. The first-order valence-electron chi connectivity index (χ1n) is 8.34. The third kappa shape index (κ3) is 3.22. The maximum Gasteiger partial charge on any atom is 0.244 e. The van der Waals surface area contributed by atoms with Crippen molar-refractivity contribution >= 4 is 17.5 Å². The average Bonchev–Trinajstić information content (AvgIpc) is 3.01. The second-order valence-corrected chi connectivity index (χ2v) is 6.21. The van der Waals surface area contributed by atoms with Crippen LogP contribution in [0.4, 0.5) is 5.69 Å². The molecule has 0 saturated carbocycles. The summed E-state index contributed by atoms with van der Waals surface area (Å²) < 4.78 is 5.37. The van der Waals surface area contributed by atoms with Gasteiger partial charge in [0.05, 0.1) is 13.2 Å². The number of ether oxygens (including phenoxy) is 1. The van der Waals surface area contributed by atoms with Crippen molar-refractivity contribution in [1.82, 2.24) is 5.32 Å². The number of amides is 2. The summed E-state index contributed by atoms with van der Waals surface area (Å²) in [5, 5.41) is 3.02. The zero-order valence-electron chi connectivity index (χ0n) is 14.7. The molecular formula is C20H22N2O3. The van der Waals surface area contributed by atoms with Crippen LogP contribution < -0.4 is 15.0 Å². The van der Waals surface area contributed by atoms with Crippen molar-refractivity contribution in [2.24, 2.45) is 0 Å². The number of benzene rings is 2. The van der Waals surface area contributed by atoms with Crippen molar-refractivity contribution in [1.29, 1.82) is 0 Å². The smallest absolute Gasteiger partial charge is 0.244 e. The van der Waals surface area contributed by atoms with Crippen LogP contribution in [-0.4, -0.2) is 25.0 Å². The molecule has 0 radical (unpaired) electrons. The van der Waals surface area contributed by atoms with Crippen molar-refractivity contribution in [3.8, 4) is 5.75 Å². The van der Waals surface area contributed by atoms with Gasteiger partial charge in [0, 0.05) is 24.6 Å². The van der Waals surface area contributed by atoms with Crippen molar-refractivity contribution in [3.63, 3.8) is 0 Å². The molecule has 1 aliphatic rings. The number of nitrogens with one attached hydrogen (secondary N) is 1. The lowest BCUT2D eigenvalue weighted by atomic mass is 10.1. The van der Waals surface area contributed by atoms with Gasteiger partial charge in [0.25, 0.3) is 0 Å². The molecule has 0 unspecified atom stereocenters. The van der Waals surface area contributed by atoms with Crippen molar-refractivity contribution in [3.05, 3.63) is 59.7 Å². The SMILES string of the molecule is COc1ccccc1[C@@H](C)NC(=O)[C@@H]1Cc2ccccc2N1C(C)=O. The van der Waals surface area contributed by atoms with Crippen LogP contribution in [-0.2, 0) is 16.0 Å². The van der Waals surface area contributed by atoms with Crippen LogP contribution in [0, 0.1) is 0 Å². The highest BCUT2D eigenvalue weighted by Gasteiger charge is 2.37. The number of rotatable bonds is 4. The largest absolute Gasteiger partial charge is 0.496 e. The standard InChI is InChI=1S/C20H22N2O3/c1-13(16-9-5-7-11-19(16)25-3)21-20(24)18-12-15-8-4-6-10-17(15)22(18)14(2)23/h4-11,13,18H,12H2,1-3H3,(H,21,24)/t13-,18+/m1/s1. The molecule has 0 bridgehead atoms. The number of hydrogen-bond donors (Lipinski definition) is 1. The molecule has 5 nitrogen and oxygen atoms in total. The first-order chi connectivity index (χ1) is 12.0. The summed E-state index contributed by atoms with van der Waals surface area (Å²) in [7, 11) is 1.61. The molecule has 2 atom stereocenters. The van der Waals surface area contributed by atoms with E-state index in [1.165, 1.54) is 6.92 Å². The maximum atomic E-state index is 12.9. The van der Waals surface area contributed by atoms with Crippen molar-refractivity contribution < 1.29 is 14.3 Å². The number of carbonyl (C=O) groups is 2. The highest BCUT2D eigenvalue weighted by molar-refractivity contribution is 6.02. The van der Waals surface area contributed by atoms with Gasteiger partial charge in [-0.25, -0.2) is 0 Å². The summed E-state index contributed by atoms with van der Waals surface area (Å²) in [5.41, 5.74) is 2.74. The molecule has 0 saturated heterocycles. The van der Waals surface area contributed by atoms with E-state index in [1.54, 1.807) is 12.0 Å². The minimum atomic E-state index is -0.521. The number of para-hydroxylation sites is 2. The highest BCUT2D eigenvalue weighted by atomic mass is 16.5. The Morgan fingerprint density at radius 2 is 1.84 bits per heavy atom.